The first kappa shape index (κ1) is 29.8. The third-order valence-corrected chi connectivity index (χ3v) is 15.2. The van der Waals surface area contributed by atoms with Gasteiger partial charge < -0.3 is 14.6 Å². The fourth-order valence-electron chi connectivity index (χ4n) is 6.18. The molecule has 1 heterocycles. The Hall–Kier alpha value is -0.703. The number of benzene rings is 2. The molecule has 0 bridgehead atoms. The molecular formula is C29H43Br2NO3Si. The zero-order valence-corrected chi connectivity index (χ0v) is 26.9. The van der Waals surface area contributed by atoms with Crippen molar-refractivity contribution in [3.63, 3.8) is 0 Å². The van der Waals surface area contributed by atoms with E-state index in [1.165, 1.54) is 0 Å². The van der Waals surface area contributed by atoms with E-state index in [4.69, 9.17) is 4.43 Å². The van der Waals surface area contributed by atoms with Crippen LogP contribution in [0.15, 0.2) is 51.4 Å². The Kier molecular flexibility index (Phi) is 9.95. The number of likely N-dealkylation sites (tertiary alicyclic amines) is 1. The van der Waals surface area contributed by atoms with E-state index in [0.29, 0.717) is 29.5 Å². The van der Waals surface area contributed by atoms with Gasteiger partial charge in [0.15, 0.2) is 0 Å². The molecule has 0 aliphatic carbocycles. The molecule has 1 saturated heterocycles. The summed E-state index contributed by atoms with van der Waals surface area (Å²) in [6.07, 6.45) is 0.658. The maximum atomic E-state index is 11.3. The average Bonchev–Trinajstić information content (AvgIpc) is 2.81. The predicted molar refractivity (Wildman–Crippen MR) is 159 cm³/mol. The molecule has 1 fully saturated rings. The average molecular weight is 642 g/mol. The maximum absolute atomic E-state index is 11.3. The quantitative estimate of drug-likeness (QED) is 0.272. The summed E-state index contributed by atoms with van der Waals surface area (Å²) in [5.74, 6) is 0.907. The summed E-state index contributed by atoms with van der Waals surface area (Å²) in [7, 11) is -2.01. The molecular weight excluding hydrogens is 598 g/mol. The lowest BCUT2D eigenvalue weighted by Crippen LogP contribution is -2.50. The van der Waals surface area contributed by atoms with Crippen molar-refractivity contribution in [3.05, 3.63) is 62.5 Å². The first-order valence-corrected chi connectivity index (χ1v) is 16.9. The standard InChI is InChI=1S/C29H43Br2NO3Si/c1-19(2)36(20(3)4,21(5)6)35-27-10-8-23(9-11-27)28(33)22(7)32-14-12-29(34,13-15-32)24-16-25(30)18-26(31)17-24/h8-11,16-22,28,33-34H,12-15H2,1-7H3/t22-,28+/m0/s1. The third-order valence-electron chi connectivity index (χ3n) is 8.28. The second-order valence-corrected chi connectivity index (χ2v) is 18.6. The molecule has 0 amide bonds. The van der Waals surface area contributed by atoms with Crippen molar-refractivity contribution in [2.45, 2.75) is 95.7 Å². The van der Waals surface area contributed by atoms with Gasteiger partial charge in [-0.25, -0.2) is 0 Å². The number of piperidine rings is 1. The zero-order chi connectivity index (χ0) is 26.8. The molecule has 0 aromatic heterocycles. The highest BCUT2D eigenvalue weighted by molar-refractivity contribution is 9.11. The largest absolute Gasteiger partial charge is 0.543 e. The minimum atomic E-state index is -2.01. The van der Waals surface area contributed by atoms with E-state index in [9.17, 15) is 10.2 Å². The van der Waals surface area contributed by atoms with Crippen LogP contribution in [0.1, 0.15) is 78.5 Å². The highest BCUT2D eigenvalue weighted by Gasteiger charge is 2.47. The lowest BCUT2D eigenvalue weighted by atomic mass is 9.83. The Labute approximate surface area is 235 Å². The van der Waals surface area contributed by atoms with Crippen LogP contribution in [0.5, 0.6) is 5.75 Å². The Morgan fingerprint density at radius 2 is 1.31 bits per heavy atom. The monoisotopic (exact) mass is 639 g/mol. The van der Waals surface area contributed by atoms with Crippen LogP contribution in [0, 0.1) is 0 Å². The van der Waals surface area contributed by atoms with Crippen LogP contribution in [0.3, 0.4) is 0 Å². The van der Waals surface area contributed by atoms with Crippen LogP contribution in [0.4, 0.5) is 0 Å². The summed E-state index contributed by atoms with van der Waals surface area (Å²) < 4.78 is 8.70. The van der Waals surface area contributed by atoms with E-state index < -0.39 is 20.0 Å². The second-order valence-electron chi connectivity index (χ2n) is 11.4. The van der Waals surface area contributed by atoms with Gasteiger partial charge in [-0.3, -0.25) is 4.90 Å². The van der Waals surface area contributed by atoms with Crippen molar-refractivity contribution >= 4 is 40.2 Å². The molecule has 2 atom stereocenters. The summed E-state index contributed by atoms with van der Waals surface area (Å²) in [6.45, 7) is 17.3. The number of nitrogens with zero attached hydrogens (tertiary/aromatic N) is 1. The molecule has 2 aromatic rings. The van der Waals surface area contributed by atoms with E-state index in [2.05, 4.69) is 85.2 Å². The third kappa shape index (κ3) is 6.29. The summed E-state index contributed by atoms with van der Waals surface area (Å²) >= 11 is 7.07. The lowest BCUT2D eigenvalue weighted by Gasteiger charge is -2.42. The normalized spacial score (nSPS) is 18.6. The lowest BCUT2D eigenvalue weighted by molar-refractivity contribution is -0.0502. The molecule has 3 rings (SSSR count). The van der Waals surface area contributed by atoms with Gasteiger partial charge in [0.05, 0.1) is 11.7 Å². The maximum Gasteiger partial charge on any atom is 0.258 e. The molecule has 7 heteroatoms. The zero-order valence-electron chi connectivity index (χ0n) is 22.8. The molecule has 1 aliphatic heterocycles. The predicted octanol–water partition coefficient (Wildman–Crippen LogP) is 8.17. The van der Waals surface area contributed by atoms with Crippen LogP contribution >= 0.6 is 31.9 Å². The number of hydrogen-bond acceptors (Lipinski definition) is 4. The van der Waals surface area contributed by atoms with E-state index in [0.717, 1.165) is 38.9 Å². The van der Waals surface area contributed by atoms with Gasteiger partial charge in [-0.2, -0.15) is 0 Å². The molecule has 1 aliphatic rings. The molecule has 2 aromatic carbocycles. The SMILES string of the molecule is CC(C)[Si](Oc1ccc([C@H](O)[C@H](C)N2CCC(O)(c3cc(Br)cc(Br)c3)CC2)cc1)(C(C)C)C(C)C. The summed E-state index contributed by atoms with van der Waals surface area (Å²) in [6, 6.07) is 14.0. The number of aliphatic hydroxyl groups is 2. The summed E-state index contributed by atoms with van der Waals surface area (Å²) in [5.41, 5.74) is 2.51. The van der Waals surface area contributed by atoms with Gasteiger partial charge in [-0.05, 0) is 77.8 Å². The van der Waals surface area contributed by atoms with Gasteiger partial charge in [0.1, 0.15) is 5.75 Å². The summed E-state index contributed by atoms with van der Waals surface area (Å²) in [5, 5.41) is 22.5. The molecule has 2 N–H and O–H groups in total. The van der Waals surface area contributed by atoms with Crippen LogP contribution in [0.2, 0.25) is 16.6 Å². The molecule has 0 radical (unpaired) electrons. The van der Waals surface area contributed by atoms with Gasteiger partial charge >= 0.3 is 0 Å². The molecule has 4 nitrogen and oxygen atoms in total. The minimum Gasteiger partial charge on any atom is -0.543 e. The van der Waals surface area contributed by atoms with E-state index in [1.54, 1.807) is 0 Å². The molecule has 200 valence electrons. The highest BCUT2D eigenvalue weighted by Crippen LogP contribution is 2.43. The van der Waals surface area contributed by atoms with Crippen molar-refractivity contribution in [2.75, 3.05) is 13.1 Å². The van der Waals surface area contributed by atoms with E-state index in [1.807, 2.05) is 42.5 Å². The molecule has 0 unspecified atom stereocenters. The van der Waals surface area contributed by atoms with Crippen molar-refractivity contribution in [1.82, 2.24) is 4.90 Å². The number of halogens is 2. The Bertz CT molecular complexity index is 962. The molecule has 0 spiro atoms. The van der Waals surface area contributed by atoms with Gasteiger partial charge in [-0.15, -0.1) is 0 Å². The van der Waals surface area contributed by atoms with Crippen molar-refractivity contribution in [3.8, 4) is 5.75 Å². The van der Waals surface area contributed by atoms with E-state index in [-0.39, 0.29) is 6.04 Å². The van der Waals surface area contributed by atoms with Crippen molar-refractivity contribution in [2.24, 2.45) is 0 Å². The Morgan fingerprint density at radius 1 is 0.833 bits per heavy atom. The van der Waals surface area contributed by atoms with Gasteiger partial charge in [-0.1, -0.05) is 85.5 Å². The van der Waals surface area contributed by atoms with Crippen LogP contribution in [-0.2, 0) is 5.60 Å². The molecule has 36 heavy (non-hydrogen) atoms. The van der Waals surface area contributed by atoms with Gasteiger partial charge in [0.2, 0.25) is 0 Å². The fourth-order valence-corrected chi connectivity index (χ4v) is 12.7. The summed E-state index contributed by atoms with van der Waals surface area (Å²) in [4.78, 5) is 2.28. The van der Waals surface area contributed by atoms with Crippen LogP contribution in [-0.4, -0.2) is 42.6 Å². The molecule has 0 saturated carbocycles. The van der Waals surface area contributed by atoms with Crippen LogP contribution in [0.25, 0.3) is 0 Å². The Balaban J connectivity index is 1.67. The van der Waals surface area contributed by atoms with Crippen molar-refractivity contribution in [1.29, 1.82) is 0 Å². The number of rotatable bonds is 9. The minimum absolute atomic E-state index is 0.0500. The van der Waals surface area contributed by atoms with Crippen molar-refractivity contribution < 1.29 is 14.6 Å². The first-order valence-electron chi connectivity index (χ1n) is 13.2. The highest BCUT2D eigenvalue weighted by atomic mass is 79.9. The topological polar surface area (TPSA) is 52.9 Å². The Morgan fingerprint density at radius 3 is 1.75 bits per heavy atom. The first-order chi connectivity index (χ1) is 16.8. The number of hydrogen-bond donors (Lipinski definition) is 2. The fraction of sp³-hybridized carbons (Fsp3) is 0.586. The van der Waals surface area contributed by atoms with Crippen LogP contribution < -0.4 is 4.43 Å². The van der Waals surface area contributed by atoms with Gasteiger partial charge in [0, 0.05) is 28.1 Å². The van der Waals surface area contributed by atoms with Gasteiger partial charge in [0.25, 0.3) is 8.32 Å². The number of aliphatic hydroxyl groups excluding tert-OH is 1. The second kappa shape index (κ2) is 12.0. The smallest absolute Gasteiger partial charge is 0.258 e. The van der Waals surface area contributed by atoms with E-state index >= 15 is 0 Å².